The highest BCUT2D eigenvalue weighted by Crippen LogP contribution is 2.43. The van der Waals surface area contributed by atoms with Crippen LogP contribution >= 0.6 is 0 Å². The molecule has 1 heterocycles. The minimum Gasteiger partial charge on any atom is -0.232 e. The summed E-state index contributed by atoms with van der Waals surface area (Å²) >= 11 is 0. The lowest BCUT2D eigenvalue weighted by Crippen LogP contribution is -2.11. The number of alkyl halides is 3. The zero-order valence-corrected chi connectivity index (χ0v) is 18.6. The predicted octanol–water partition coefficient (Wildman–Crippen LogP) is 5.49. The van der Waals surface area contributed by atoms with E-state index in [-0.39, 0.29) is 16.2 Å². The maximum absolute atomic E-state index is 14.2. The average Bonchev–Trinajstić information content (AvgIpc) is 3.15. The first kappa shape index (κ1) is 22.8. The van der Waals surface area contributed by atoms with Crippen molar-refractivity contribution in [3.05, 3.63) is 89.6 Å². The molecule has 9 heteroatoms. The number of rotatable bonds is 4. The van der Waals surface area contributed by atoms with Gasteiger partial charge >= 0.3 is 6.18 Å². The Bertz CT molecular complexity index is 1410. The zero-order valence-electron chi connectivity index (χ0n) is 17.8. The SMILES string of the molecule is Cc1ccc(-c2c(C(F)(F)F)nn(-c3ccc(C)cc3)c2-c2ccc(S(N)(=O)=O)cc2)cc1. The lowest BCUT2D eigenvalue weighted by atomic mass is 9.97. The first-order valence-corrected chi connectivity index (χ1v) is 11.5. The smallest absolute Gasteiger partial charge is 0.232 e. The summed E-state index contributed by atoms with van der Waals surface area (Å²) in [7, 11) is -3.96. The summed E-state index contributed by atoms with van der Waals surface area (Å²) in [6.45, 7) is 3.72. The van der Waals surface area contributed by atoms with Crippen molar-refractivity contribution in [3.8, 4) is 28.1 Å². The molecule has 0 atom stereocenters. The van der Waals surface area contributed by atoms with Crippen LogP contribution in [0.15, 0.2) is 77.7 Å². The minimum absolute atomic E-state index is 0.0913. The van der Waals surface area contributed by atoms with Gasteiger partial charge in [0, 0.05) is 11.1 Å². The Balaban J connectivity index is 2.07. The summed E-state index contributed by atoms with van der Waals surface area (Å²) in [6.07, 6.45) is -4.72. The van der Waals surface area contributed by atoms with E-state index in [0.29, 0.717) is 16.8 Å². The van der Waals surface area contributed by atoms with E-state index in [1.165, 1.54) is 28.9 Å². The van der Waals surface area contributed by atoms with E-state index < -0.39 is 21.9 Å². The van der Waals surface area contributed by atoms with Crippen LogP contribution in [-0.2, 0) is 16.2 Å². The minimum atomic E-state index is -4.72. The monoisotopic (exact) mass is 471 g/mol. The summed E-state index contributed by atoms with van der Waals surface area (Å²) in [5, 5.41) is 9.16. The third-order valence-electron chi connectivity index (χ3n) is 5.23. The van der Waals surface area contributed by atoms with Crippen LogP contribution < -0.4 is 5.14 Å². The first-order chi connectivity index (χ1) is 15.4. The van der Waals surface area contributed by atoms with Gasteiger partial charge in [-0.2, -0.15) is 18.3 Å². The molecule has 0 fully saturated rings. The van der Waals surface area contributed by atoms with E-state index >= 15 is 0 Å². The number of hydrogen-bond acceptors (Lipinski definition) is 3. The van der Waals surface area contributed by atoms with Crippen LogP contribution in [0.4, 0.5) is 13.2 Å². The van der Waals surface area contributed by atoms with E-state index in [1.54, 1.807) is 48.5 Å². The molecule has 0 spiro atoms. The number of benzene rings is 3. The number of nitrogens with two attached hydrogens (primary N) is 1. The topological polar surface area (TPSA) is 78.0 Å². The molecule has 0 amide bonds. The number of aromatic nitrogens is 2. The molecule has 0 bridgehead atoms. The molecule has 0 aliphatic heterocycles. The van der Waals surface area contributed by atoms with Gasteiger partial charge in [0.2, 0.25) is 10.0 Å². The van der Waals surface area contributed by atoms with Crippen LogP contribution in [0.2, 0.25) is 0 Å². The van der Waals surface area contributed by atoms with Crippen LogP contribution in [0.1, 0.15) is 16.8 Å². The number of primary sulfonamides is 1. The Kier molecular flexibility index (Phi) is 5.63. The van der Waals surface area contributed by atoms with Gasteiger partial charge in [-0.1, -0.05) is 59.7 Å². The van der Waals surface area contributed by atoms with Crippen molar-refractivity contribution in [3.63, 3.8) is 0 Å². The van der Waals surface area contributed by atoms with Gasteiger partial charge in [0.25, 0.3) is 0 Å². The lowest BCUT2D eigenvalue weighted by molar-refractivity contribution is -0.140. The van der Waals surface area contributed by atoms with Gasteiger partial charge in [-0.25, -0.2) is 18.2 Å². The zero-order chi connectivity index (χ0) is 24.0. The van der Waals surface area contributed by atoms with Crippen LogP contribution in [-0.4, -0.2) is 18.2 Å². The third kappa shape index (κ3) is 4.55. The second-order valence-electron chi connectivity index (χ2n) is 7.75. The lowest BCUT2D eigenvalue weighted by Gasteiger charge is -2.12. The molecular formula is C24H20F3N3O2S. The standard InChI is InChI=1S/C24H20F3N3O2S/c1-15-3-7-17(8-4-15)21-22(18-9-13-20(14-10-18)33(28,31)32)30(29-23(21)24(25,26)27)19-11-5-16(2)6-12-19/h3-14H,1-2H3,(H2,28,31,32). The largest absolute Gasteiger partial charge is 0.435 e. The third-order valence-corrected chi connectivity index (χ3v) is 6.16. The van der Waals surface area contributed by atoms with E-state index in [4.69, 9.17) is 5.14 Å². The molecule has 0 saturated carbocycles. The van der Waals surface area contributed by atoms with Gasteiger partial charge in [0.1, 0.15) is 0 Å². The summed E-state index contributed by atoms with van der Waals surface area (Å²) < 4.78 is 67.0. The summed E-state index contributed by atoms with van der Waals surface area (Å²) in [5.74, 6) is 0. The summed E-state index contributed by atoms with van der Waals surface area (Å²) in [5.41, 5.74) is 2.06. The molecule has 0 aliphatic carbocycles. The Hall–Kier alpha value is -3.43. The molecule has 0 aliphatic rings. The highest BCUT2D eigenvalue weighted by Gasteiger charge is 2.40. The fourth-order valence-electron chi connectivity index (χ4n) is 3.55. The van der Waals surface area contributed by atoms with Gasteiger partial charge in [-0.15, -0.1) is 0 Å². The fourth-order valence-corrected chi connectivity index (χ4v) is 4.07. The molecule has 33 heavy (non-hydrogen) atoms. The van der Waals surface area contributed by atoms with Crippen molar-refractivity contribution in [2.24, 2.45) is 5.14 Å². The van der Waals surface area contributed by atoms with Crippen molar-refractivity contribution in [1.29, 1.82) is 0 Å². The van der Waals surface area contributed by atoms with Gasteiger partial charge in [0.15, 0.2) is 5.69 Å². The van der Waals surface area contributed by atoms with E-state index in [0.717, 1.165) is 11.1 Å². The second-order valence-corrected chi connectivity index (χ2v) is 9.31. The van der Waals surface area contributed by atoms with Crippen molar-refractivity contribution < 1.29 is 21.6 Å². The molecule has 0 saturated heterocycles. The maximum atomic E-state index is 14.2. The molecule has 4 rings (SSSR count). The molecule has 5 nitrogen and oxygen atoms in total. The number of nitrogens with zero attached hydrogens (tertiary/aromatic N) is 2. The molecule has 0 radical (unpaired) electrons. The molecular weight excluding hydrogens is 451 g/mol. The Morgan fingerprint density at radius 3 is 1.76 bits per heavy atom. The highest BCUT2D eigenvalue weighted by molar-refractivity contribution is 7.89. The highest BCUT2D eigenvalue weighted by atomic mass is 32.2. The quantitative estimate of drug-likeness (QED) is 0.428. The Morgan fingerprint density at radius 2 is 1.27 bits per heavy atom. The summed E-state index contributed by atoms with van der Waals surface area (Å²) in [6, 6.07) is 19.0. The van der Waals surface area contributed by atoms with Crippen LogP contribution in [0.5, 0.6) is 0 Å². The van der Waals surface area contributed by atoms with E-state index in [2.05, 4.69) is 5.10 Å². The van der Waals surface area contributed by atoms with Gasteiger partial charge < -0.3 is 0 Å². The number of sulfonamides is 1. The second kappa shape index (κ2) is 8.17. The van der Waals surface area contributed by atoms with Crippen molar-refractivity contribution in [1.82, 2.24) is 9.78 Å². The molecule has 0 unspecified atom stereocenters. The van der Waals surface area contributed by atoms with Crippen molar-refractivity contribution in [2.75, 3.05) is 0 Å². The molecule has 4 aromatic rings. The van der Waals surface area contributed by atoms with Crippen molar-refractivity contribution >= 4 is 10.0 Å². The number of aryl methyl sites for hydroxylation is 2. The van der Waals surface area contributed by atoms with Gasteiger partial charge in [-0.05, 0) is 43.7 Å². The Morgan fingerprint density at radius 1 is 0.788 bits per heavy atom. The normalized spacial score (nSPS) is 12.2. The first-order valence-electron chi connectivity index (χ1n) is 9.93. The van der Waals surface area contributed by atoms with Crippen molar-refractivity contribution in [2.45, 2.75) is 24.9 Å². The van der Waals surface area contributed by atoms with Gasteiger partial charge in [0.05, 0.1) is 16.3 Å². The maximum Gasteiger partial charge on any atom is 0.435 e. The summed E-state index contributed by atoms with van der Waals surface area (Å²) in [4.78, 5) is -0.138. The van der Waals surface area contributed by atoms with Crippen LogP contribution in [0.25, 0.3) is 28.1 Å². The predicted molar refractivity (Wildman–Crippen MR) is 120 cm³/mol. The average molecular weight is 472 g/mol. The van der Waals surface area contributed by atoms with E-state index in [1.807, 2.05) is 13.8 Å². The number of hydrogen-bond donors (Lipinski definition) is 1. The fraction of sp³-hybridized carbons (Fsp3) is 0.125. The van der Waals surface area contributed by atoms with Crippen LogP contribution in [0.3, 0.4) is 0 Å². The molecule has 1 aromatic heterocycles. The van der Waals surface area contributed by atoms with Gasteiger partial charge in [-0.3, -0.25) is 0 Å². The number of halogens is 3. The molecule has 170 valence electrons. The molecule has 2 N–H and O–H groups in total. The van der Waals surface area contributed by atoms with E-state index in [9.17, 15) is 21.6 Å². The van der Waals surface area contributed by atoms with Crippen LogP contribution in [0, 0.1) is 13.8 Å². The Labute approximate surface area is 189 Å². The molecule has 3 aromatic carbocycles.